The van der Waals surface area contributed by atoms with E-state index < -0.39 is 11.7 Å². The third-order valence-electron chi connectivity index (χ3n) is 3.92. The molecule has 0 spiro atoms. The number of halogens is 3. The van der Waals surface area contributed by atoms with Crippen LogP contribution in [0.5, 0.6) is 0 Å². The molecular weight excluding hydrogens is 319 g/mol. The summed E-state index contributed by atoms with van der Waals surface area (Å²) in [6.45, 7) is 5.22. The van der Waals surface area contributed by atoms with Gasteiger partial charge in [-0.3, -0.25) is 0 Å². The Hall–Kier alpha value is -1.76. The number of aliphatic imine (C=N–C) groups is 1. The van der Waals surface area contributed by atoms with Crippen molar-refractivity contribution in [1.29, 1.82) is 0 Å². The molecule has 1 fully saturated rings. The van der Waals surface area contributed by atoms with Crippen molar-refractivity contribution in [3.63, 3.8) is 0 Å². The first kappa shape index (κ1) is 18.6. The van der Waals surface area contributed by atoms with Crippen molar-refractivity contribution in [1.82, 2.24) is 10.2 Å². The molecule has 1 aromatic carbocycles. The Morgan fingerprint density at radius 1 is 1.42 bits per heavy atom. The highest BCUT2D eigenvalue weighted by molar-refractivity contribution is 5.79. The lowest BCUT2D eigenvalue weighted by Crippen LogP contribution is -2.41. The molecule has 1 saturated heterocycles. The second-order valence-electron chi connectivity index (χ2n) is 5.98. The van der Waals surface area contributed by atoms with Gasteiger partial charge in [0.25, 0.3) is 0 Å². The molecule has 134 valence electrons. The second kappa shape index (κ2) is 8.37. The fourth-order valence-corrected chi connectivity index (χ4v) is 2.68. The summed E-state index contributed by atoms with van der Waals surface area (Å²) in [6.07, 6.45) is -3.30. The van der Waals surface area contributed by atoms with Crippen molar-refractivity contribution >= 4 is 5.96 Å². The third kappa shape index (κ3) is 5.40. The number of hydrogen-bond acceptors (Lipinski definition) is 2. The SMILES string of the molecule is CCNC(=NCc1cccc(C(F)(F)F)c1)N(C)CC1CCOC1. The zero-order valence-electron chi connectivity index (χ0n) is 14.1. The van der Waals surface area contributed by atoms with Gasteiger partial charge in [0.2, 0.25) is 0 Å². The van der Waals surface area contributed by atoms with Crippen LogP contribution in [0.25, 0.3) is 0 Å². The molecule has 1 heterocycles. The van der Waals surface area contributed by atoms with Crippen LogP contribution in [-0.2, 0) is 17.5 Å². The van der Waals surface area contributed by atoms with E-state index in [2.05, 4.69) is 10.3 Å². The van der Waals surface area contributed by atoms with Gasteiger partial charge in [-0.1, -0.05) is 12.1 Å². The summed E-state index contributed by atoms with van der Waals surface area (Å²) in [7, 11) is 1.94. The molecule has 1 N–H and O–H groups in total. The van der Waals surface area contributed by atoms with Crippen LogP contribution < -0.4 is 5.32 Å². The first-order chi connectivity index (χ1) is 11.4. The van der Waals surface area contributed by atoms with Gasteiger partial charge in [-0.2, -0.15) is 13.2 Å². The Morgan fingerprint density at radius 2 is 2.21 bits per heavy atom. The molecule has 1 aliphatic heterocycles. The van der Waals surface area contributed by atoms with E-state index in [9.17, 15) is 13.2 Å². The van der Waals surface area contributed by atoms with E-state index in [0.29, 0.717) is 24.0 Å². The predicted octanol–water partition coefficient (Wildman–Crippen LogP) is 3.14. The fraction of sp³-hybridized carbons (Fsp3) is 0.588. The molecule has 1 aliphatic rings. The summed E-state index contributed by atoms with van der Waals surface area (Å²) in [5.41, 5.74) is -0.102. The van der Waals surface area contributed by atoms with E-state index in [4.69, 9.17) is 4.74 Å². The number of alkyl halides is 3. The van der Waals surface area contributed by atoms with Crippen LogP contribution in [0.4, 0.5) is 13.2 Å². The summed E-state index contributed by atoms with van der Waals surface area (Å²) in [6, 6.07) is 5.30. The molecular formula is C17H24F3N3O. The largest absolute Gasteiger partial charge is 0.416 e. The molecule has 0 amide bonds. The monoisotopic (exact) mass is 343 g/mol. The van der Waals surface area contributed by atoms with Gasteiger partial charge < -0.3 is 15.0 Å². The molecule has 0 radical (unpaired) electrons. The van der Waals surface area contributed by atoms with Crippen LogP contribution in [0, 0.1) is 5.92 Å². The first-order valence-corrected chi connectivity index (χ1v) is 8.13. The maximum absolute atomic E-state index is 12.8. The Bertz CT molecular complexity index is 554. The van der Waals surface area contributed by atoms with Crippen LogP contribution in [0.3, 0.4) is 0 Å². The first-order valence-electron chi connectivity index (χ1n) is 8.13. The summed E-state index contributed by atoms with van der Waals surface area (Å²) < 4.78 is 43.7. The van der Waals surface area contributed by atoms with Crippen LogP contribution in [0.1, 0.15) is 24.5 Å². The maximum atomic E-state index is 12.8. The Morgan fingerprint density at radius 3 is 2.83 bits per heavy atom. The Balaban J connectivity index is 2.04. The minimum absolute atomic E-state index is 0.206. The lowest BCUT2D eigenvalue weighted by molar-refractivity contribution is -0.137. The van der Waals surface area contributed by atoms with Crippen molar-refractivity contribution in [3.8, 4) is 0 Å². The maximum Gasteiger partial charge on any atom is 0.416 e. The molecule has 1 atom stereocenters. The van der Waals surface area contributed by atoms with E-state index in [0.717, 1.165) is 38.3 Å². The minimum Gasteiger partial charge on any atom is -0.381 e. The molecule has 0 aromatic heterocycles. The van der Waals surface area contributed by atoms with Gasteiger partial charge in [-0.05, 0) is 31.0 Å². The number of nitrogens with one attached hydrogen (secondary N) is 1. The number of ether oxygens (including phenoxy) is 1. The van der Waals surface area contributed by atoms with E-state index in [1.54, 1.807) is 6.07 Å². The van der Waals surface area contributed by atoms with Gasteiger partial charge in [0.15, 0.2) is 5.96 Å². The fourth-order valence-electron chi connectivity index (χ4n) is 2.68. The van der Waals surface area contributed by atoms with Gasteiger partial charge in [0, 0.05) is 32.7 Å². The number of rotatable bonds is 5. The molecule has 0 aliphatic carbocycles. The van der Waals surface area contributed by atoms with Crippen molar-refractivity contribution in [2.75, 3.05) is 33.4 Å². The number of benzene rings is 1. The van der Waals surface area contributed by atoms with Gasteiger partial charge in [0.05, 0.1) is 18.7 Å². The van der Waals surface area contributed by atoms with Gasteiger partial charge in [0.1, 0.15) is 0 Å². The average molecular weight is 343 g/mol. The van der Waals surface area contributed by atoms with Gasteiger partial charge in [-0.25, -0.2) is 4.99 Å². The molecule has 7 heteroatoms. The third-order valence-corrected chi connectivity index (χ3v) is 3.92. The van der Waals surface area contributed by atoms with Gasteiger partial charge >= 0.3 is 6.18 Å². The highest BCUT2D eigenvalue weighted by Gasteiger charge is 2.30. The molecule has 1 unspecified atom stereocenters. The zero-order valence-corrected chi connectivity index (χ0v) is 14.1. The standard InChI is InChI=1S/C17H24F3N3O/c1-3-21-16(23(2)11-14-7-8-24-12-14)22-10-13-5-4-6-15(9-13)17(18,19)20/h4-6,9,14H,3,7-8,10-12H2,1-2H3,(H,21,22). The molecule has 4 nitrogen and oxygen atoms in total. The lowest BCUT2D eigenvalue weighted by Gasteiger charge is -2.24. The quantitative estimate of drug-likeness (QED) is 0.659. The smallest absolute Gasteiger partial charge is 0.381 e. The molecule has 2 rings (SSSR count). The number of nitrogens with zero attached hydrogens (tertiary/aromatic N) is 2. The van der Waals surface area contributed by atoms with Crippen molar-refractivity contribution in [3.05, 3.63) is 35.4 Å². The summed E-state index contributed by atoms with van der Waals surface area (Å²) >= 11 is 0. The van der Waals surface area contributed by atoms with Gasteiger partial charge in [-0.15, -0.1) is 0 Å². The van der Waals surface area contributed by atoms with Crippen molar-refractivity contribution in [2.45, 2.75) is 26.1 Å². The van der Waals surface area contributed by atoms with Crippen LogP contribution in [0.15, 0.2) is 29.3 Å². The summed E-state index contributed by atoms with van der Waals surface area (Å²) in [5, 5.41) is 3.18. The van der Waals surface area contributed by atoms with E-state index in [-0.39, 0.29) is 6.54 Å². The highest BCUT2D eigenvalue weighted by Crippen LogP contribution is 2.29. The summed E-state index contributed by atoms with van der Waals surface area (Å²) in [4.78, 5) is 6.48. The zero-order chi connectivity index (χ0) is 17.6. The topological polar surface area (TPSA) is 36.9 Å². The lowest BCUT2D eigenvalue weighted by atomic mass is 10.1. The second-order valence-corrected chi connectivity index (χ2v) is 5.98. The van der Waals surface area contributed by atoms with E-state index >= 15 is 0 Å². The Kier molecular flexibility index (Phi) is 6.48. The molecule has 0 bridgehead atoms. The molecule has 0 saturated carbocycles. The molecule has 24 heavy (non-hydrogen) atoms. The van der Waals surface area contributed by atoms with Crippen molar-refractivity contribution in [2.24, 2.45) is 10.9 Å². The van der Waals surface area contributed by atoms with Crippen LogP contribution >= 0.6 is 0 Å². The summed E-state index contributed by atoms with van der Waals surface area (Å²) in [5.74, 6) is 1.16. The van der Waals surface area contributed by atoms with Crippen molar-refractivity contribution < 1.29 is 17.9 Å². The van der Waals surface area contributed by atoms with Crippen LogP contribution in [0.2, 0.25) is 0 Å². The normalized spacial score (nSPS) is 18.7. The molecule has 1 aromatic rings. The van der Waals surface area contributed by atoms with E-state index in [1.807, 2.05) is 18.9 Å². The number of guanidine groups is 1. The predicted molar refractivity (Wildman–Crippen MR) is 87.8 cm³/mol. The average Bonchev–Trinajstić information content (AvgIpc) is 3.03. The highest BCUT2D eigenvalue weighted by atomic mass is 19.4. The minimum atomic E-state index is -4.33. The Labute approximate surface area is 140 Å². The van der Waals surface area contributed by atoms with E-state index in [1.165, 1.54) is 6.07 Å². The van der Waals surface area contributed by atoms with Crippen LogP contribution in [-0.4, -0.2) is 44.2 Å². The number of hydrogen-bond donors (Lipinski definition) is 1.